The molecule has 1 aromatic rings. The fraction of sp³-hybridized carbons (Fsp3) is 0.200. The number of para-hydroxylation sites is 1. The maximum atomic E-state index is 11.9. The van der Waals surface area contributed by atoms with E-state index in [1.54, 1.807) is 18.2 Å². The molecule has 2 aliphatic heterocycles. The number of thioether (sulfide) groups is 1. The number of amides is 1. The molecule has 0 radical (unpaired) electrons. The molecular formula is C10H8N2O4S2. The SMILES string of the molecule is COc1cccc2c1N1C(=O)CS(=O)(=O)N=C1S2. The molecule has 0 atom stereocenters. The van der Waals surface area contributed by atoms with Crippen molar-refractivity contribution in [2.24, 2.45) is 4.40 Å². The number of benzene rings is 1. The van der Waals surface area contributed by atoms with E-state index in [4.69, 9.17) is 4.74 Å². The average Bonchev–Trinajstić information content (AvgIpc) is 2.64. The smallest absolute Gasteiger partial charge is 0.264 e. The van der Waals surface area contributed by atoms with Crippen LogP contribution >= 0.6 is 11.8 Å². The molecule has 2 heterocycles. The third kappa shape index (κ3) is 1.60. The van der Waals surface area contributed by atoms with Gasteiger partial charge in [-0.1, -0.05) is 6.07 Å². The first kappa shape index (κ1) is 11.5. The van der Waals surface area contributed by atoms with Gasteiger partial charge in [0.2, 0.25) is 0 Å². The molecule has 1 aromatic carbocycles. The highest BCUT2D eigenvalue weighted by atomic mass is 32.2. The molecule has 8 heteroatoms. The fourth-order valence-electron chi connectivity index (χ4n) is 1.87. The molecule has 2 aliphatic rings. The number of anilines is 1. The summed E-state index contributed by atoms with van der Waals surface area (Å²) in [7, 11) is -2.19. The van der Waals surface area contributed by atoms with E-state index in [1.165, 1.54) is 12.0 Å². The first-order valence-electron chi connectivity index (χ1n) is 5.02. The zero-order valence-corrected chi connectivity index (χ0v) is 10.9. The summed E-state index contributed by atoms with van der Waals surface area (Å²) in [6, 6.07) is 5.30. The van der Waals surface area contributed by atoms with E-state index in [0.29, 0.717) is 11.4 Å². The van der Waals surface area contributed by atoms with Crippen molar-refractivity contribution >= 4 is 38.5 Å². The van der Waals surface area contributed by atoms with E-state index in [0.717, 1.165) is 16.7 Å². The highest BCUT2D eigenvalue weighted by molar-refractivity contribution is 8.15. The zero-order chi connectivity index (χ0) is 12.9. The van der Waals surface area contributed by atoms with E-state index < -0.39 is 21.7 Å². The molecule has 18 heavy (non-hydrogen) atoms. The second-order valence-corrected chi connectivity index (χ2v) is 6.38. The summed E-state index contributed by atoms with van der Waals surface area (Å²) in [6.45, 7) is 0. The second kappa shape index (κ2) is 3.72. The van der Waals surface area contributed by atoms with Gasteiger partial charge in [-0.2, -0.15) is 0 Å². The summed E-state index contributed by atoms with van der Waals surface area (Å²) in [5.41, 5.74) is 0.573. The molecule has 1 amide bonds. The highest BCUT2D eigenvalue weighted by Gasteiger charge is 2.40. The van der Waals surface area contributed by atoms with Crippen molar-refractivity contribution < 1.29 is 17.9 Å². The normalized spacial score (nSPS) is 20.2. The van der Waals surface area contributed by atoms with Crippen molar-refractivity contribution in [3.63, 3.8) is 0 Å². The lowest BCUT2D eigenvalue weighted by molar-refractivity contribution is -0.115. The molecule has 0 bridgehead atoms. The van der Waals surface area contributed by atoms with Gasteiger partial charge in [-0.15, -0.1) is 4.40 Å². The summed E-state index contributed by atoms with van der Waals surface area (Å²) >= 11 is 1.15. The predicted molar refractivity (Wildman–Crippen MR) is 67.6 cm³/mol. The predicted octanol–water partition coefficient (Wildman–Crippen LogP) is 0.833. The maximum absolute atomic E-state index is 11.9. The Balaban J connectivity index is 2.23. The van der Waals surface area contributed by atoms with Crippen LogP contribution in [-0.4, -0.2) is 32.4 Å². The Morgan fingerprint density at radius 3 is 2.94 bits per heavy atom. The Morgan fingerprint density at radius 1 is 1.44 bits per heavy atom. The van der Waals surface area contributed by atoms with Gasteiger partial charge in [0, 0.05) is 4.90 Å². The quantitative estimate of drug-likeness (QED) is 0.763. The van der Waals surface area contributed by atoms with Crippen molar-refractivity contribution in [1.29, 1.82) is 0 Å². The molecule has 0 aliphatic carbocycles. The summed E-state index contributed by atoms with van der Waals surface area (Å²) in [4.78, 5) is 14.0. The van der Waals surface area contributed by atoms with Crippen LogP contribution in [0.5, 0.6) is 5.75 Å². The number of amidine groups is 1. The monoisotopic (exact) mass is 284 g/mol. The van der Waals surface area contributed by atoms with Crippen LogP contribution in [0, 0.1) is 0 Å². The van der Waals surface area contributed by atoms with Crippen LogP contribution < -0.4 is 9.64 Å². The third-order valence-corrected chi connectivity index (χ3v) is 4.75. The van der Waals surface area contributed by atoms with E-state index in [9.17, 15) is 13.2 Å². The van der Waals surface area contributed by atoms with E-state index in [1.807, 2.05) is 0 Å². The molecule has 0 fully saturated rings. The summed E-state index contributed by atoms with van der Waals surface area (Å²) in [5.74, 6) is -0.581. The minimum atomic E-state index is -3.69. The number of hydrogen-bond acceptors (Lipinski definition) is 5. The lowest BCUT2D eigenvalue weighted by Crippen LogP contribution is -2.41. The minimum Gasteiger partial charge on any atom is -0.495 e. The Labute approximate surface area is 108 Å². The van der Waals surface area contributed by atoms with Gasteiger partial charge in [-0.3, -0.25) is 9.69 Å². The molecular weight excluding hydrogens is 276 g/mol. The van der Waals surface area contributed by atoms with Gasteiger partial charge >= 0.3 is 0 Å². The average molecular weight is 284 g/mol. The number of carbonyl (C=O) groups excluding carboxylic acids is 1. The van der Waals surface area contributed by atoms with Crippen molar-refractivity contribution in [2.45, 2.75) is 4.90 Å². The lowest BCUT2D eigenvalue weighted by atomic mass is 10.2. The summed E-state index contributed by atoms with van der Waals surface area (Å²) in [5, 5.41) is 0.172. The van der Waals surface area contributed by atoms with Gasteiger partial charge < -0.3 is 4.74 Å². The van der Waals surface area contributed by atoms with Crippen LogP contribution in [0.3, 0.4) is 0 Å². The Bertz CT molecular complexity index is 681. The van der Waals surface area contributed by atoms with Crippen LogP contribution in [0.25, 0.3) is 0 Å². The zero-order valence-electron chi connectivity index (χ0n) is 9.28. The Kier molecular flexibility index (Phi) is 2.39. The van der Waals surface area contributed by atoms with Crippen LogP contribution in [0.4, 0.5) is 5.69 Å². The summed E-state index contributed by atoms with van der Waals surface area (Å²) < 4.78 is 31.7. The minimum absolute atomic E-state index is 0.172. The molecule has 0 aromatic heterocycles. The van der Waals surface area contributed by atoms with Crippen LogP contribution in [0.2, 0.25) is 0 Å². The fourth-order valence-corrected chi connectivity index (χ4v) is 4.10. The van der Waals surface area contributed by atoms with Gasteiger partial charge in [0.1, 0.15) is 11.4 Å². The number of hydrogen-bond donors (Lipinski definition) is 0. The number of sulfonamides is 1. The molecule has 94 valence electrons. The van der Waals surface area contributed by atoms with Gasteiger partial charge in [-0.25, -0.2) is 8.42 Å². The Morgan fingerprint density at radius 2 is 2.22 bits per heavy atom. The van der Waals surface area contributed by atoms with Crippen molar-refractivity contribution in [3.8, 4) is 5.75 Å². The topological polar surface area (TPSA) is 76.0 Å². The molecule has 6 nitrogen and oxygen atoms in total. The molecule has 3 rings (SSSR count). The van der Waals surface area contributed by atoms with Crippen molar-refractivity contribution in [3.05, 3.63) is 18.2 Å². The van der Waals surface area contributed by atoms with Gasteiger partial charge in [0.25, 0.3) is 15.9 Å². The lowest BCUT2D eigenvalue weighted by Gasteiger charge is -2.21. The van der Waals surface area contributed by atoms with E-state index in [2.05, 4.69) is 4.40 Å². The van der Waals surface area contributed by atoms with Gasteiger partial charge in [0.05, 0.1) is 7.11 Å². The standard InChI is InChI=1S/C10H8N2O4S2/c1-16-6-3-2-4-7-9(6)12-8(13)5-18(14,15)11-10(12)17-7/h2-4H,5H2,1H3. The molecule has 0 saturated carbocycles. The maximum Gasteiger partial charge on any atom is 0.264 e. The largest absolute Gasteiger partial charge is 0.495 e. The number of carbonyl (C=O) groups is 1. The third-order valence-electron chi connectivity index (χ3n) is 2.57. The molecule has 0 saturated heterocycles. The second-order valence-electron chi connectivity index (χ2n) is 3.74. The molecule has 0 unspecified atom stereocenters. The van der Waals surface area contributed by atoms with Crippen LogP contribution in [-0.2, 0) is 14.8 Å². The summed E-state index contributed by atoms with van der Waals surface area (Å²) in [6.07, 6.45) is 0. The van der Waals surface area contributed by atoms with Crippen LogP contribution in [0.1, 0.15) is 0 Å². The molecule has 0 spiro atoms. The van der Waals surface area contributed by atoms with Gasteiger partial charge in [-0.05, 0) is 23.9 Å². The van der Waals surface area contributed by atoms with Crippen molar-refractivity contribution in [1.82, 2.24) is 0 Å². The number of rotatable bonds is 1. The van der Waals surface area contributed by atoms with Crippen molar-refractivity contribution in [2.75, 3.05) is 17.8 Å². The number of methoxy groups -OCH3 is 1. The highest BCUT2D eigenvalue weighted by Crippen LogP contribution is 2.47. The van der Waals surface area contributed by atoms with E-state index in [-0.39, 0.29) is 5.17 Å². The first-order valence-corrected chi connectivity index (χ1v) is 7.45. The number of nitrogens with zero attached hydrogens (tertiary/aromatic N) is 2. The van der Waals surface area contributed by atoms with Gasteiger partial charge in [0.15, 0.2) is 10.9 Å². The van der Waals surface area contributed by atoms with E-state index >= 15 is 0 Å². The number of fused-ring (bicyclic) bond motifs is 3. The number of ether oxygens (including phenoxy) is 1. The Hall–Kier alpha value is -1.54. The first-order chi connectivity index (χ1) is 8.52. The molecule has 0 N–H and O–H groups in total. The van der Waals surface area contributed by atoms with Crippen LogP contribution in [0.15, 0.2) is 27.5 Å².